The molecule has 1 aliphatic rings. The van der Waals surface area contributed by atoms with Gasteiger partial charge in [-0.15, -0.1) is 0 Å². The molecule has 8 heteroatoms. The van der Waals surface area contributed by atoms with E-state index in [1.165, 1.54) is 6.20 Å². The van der Waals surface area contributed by atoms with Crippen LogP contribution in [0.1, 0.15) is 12.0 Å². The van der Waals surface area contributed by atoms with Crippen LogP contribution >= 0.6 is 11.6 Å². The number of sulfone groups is 1. The van der Waals surface area contributed by atoms with E-state index in [9.17, 15) is 13.2 Å². The van der Waals surface area contributed by atoms with Crippen LogP contribution in [0.25, 0.3) is 0 Å². The van der Waals surface area contributed by atoms with Gasteiger partial charge in [0.05, 0.1) is 23.4 Å². The molecule has 1 fully saturated rings. The highest BCUT2D eigenvalue weighted by molar-refractivity contribution is 7.91. The van der Waals surface area contributed by atoms with Crippen molar-refractivity contribution < 1.29 is 13.2 Å². The third-order valence-electron chi connectivity index (χ3n) is 3.03. The molecule has 2 rings (SSSR count). The molecule has 0 spiro atoms. The maximum atomic E-state index is 11.9. The van der Waals surface area contributed by atoms with Crippen LogP contribution in [0.3, 0.4) is 0 Å². The Labute approximate surface area is 122 Å². The second-order valence-electron chi connectivity index (χ2n) is 4.85. The quantitative estimate of drug-likeness (QED) is 0.804. The van der Waals surface area contributed by atoms with Crippen LogP contribution < -0.4 is 10.6 Å². The minimum Gasteiger partial charge on any atom is -0.325 e. The highest BCUT2D eigenvalue weighted by atomic mass is 35.5. The summed E-state index contributed by atoms with van der Waals surface area (Å²) >= 11 is 5.80. The Bertz CT molecular complexity index is 618. The Morgan fingerprint density at radius 3 is 3.00 bits per heavy atom. The predicted octanol–water partition coefficient (Wildman–Crippen LogP) is 0.759. The molecule has 0 aliphatic carbocycles. The van der Waals surface area contributed by atoms with Gasteiger partial charge in [0.25, 0.3) is 0 Å². The molecule has 20 heavy (non-hydrogen) atoms. The van der Waals surface area contributed by atoms with Crippen molar-refractivity contribution in [2.75, 3.05) is 23.4 Å². The summed E-state index contributed by atoms with van der Waals surface area (Å²) in [5, 5.41) is 6.12. The second-order valence-corrected chi connectivity index (χ2v) is 7.44. The zero-order valence-electron chi connectivity index (χ0n) is 11.0. The summed E-state index contributed by atoms with van der Waals surface area (Å²) in [4.78, 5) is 15.8. The van der Waals surface area contributed by atoms with Gasteiger partial charge in [-0.25, -0.2) is 13.4 Å². The molecule has 1 amide bonds. The minimum absolute atomic E-state index is 0.00167. The van der Waals surface area contributed by atoms with Crippen molar-refractivity contribution in [2.24, 2.45) is 0 Å². The van der Waals surface area contributed by atoms with Crippen LogP contribution in [0.4, 0.5) is 5.69 Å². The Hall–Kier alpha value is -1.18. The standard InChI is InChI=1S/C12H16ClN3O3S/c1-8-4-9(6-15-12(8)13)16-11(17)5-10-7-20(18,19)3-2-14-10/h4,6,10,14H,2-3,5,7H2,1H3,(H,16,17). The summed E-state index contributed by atoms with van der Waals surface area (Å²) in [5.41, 5.74) is 1.32. The van der Waals surface area contributed by atoms with Gasteiger partial charge in [0.1, 0.15) is 5.15 Å². The zero-order valence-corrected chi connectivity index (χ0v) is 12.6. The van der Waals surface area contributed by atoms with E-state index in [1.54, 1.807) is 13.0 Å². The number of halogens is 1. The smallest absolute Gasteiger partial charge is 0.226 e. The van der Waals surface area contributed by atoms with Crippen LogP contribution in [-0.2, 0) is 14.6 Å². The minimum atomic E-state index is -3.04. The van der Waals surface area contributed by atoms with Gasteiger partial charge in [-0.2, -0.15) is 0 Å². The molecular weight excluding hydrogens is 302 g/mol. The van der Waals surface area contributed by atoms with E-state index in [2.05, 4.69) is 15.6 Å². The van der Waals surface area contributed by atoms with Crippen LogP contribution in [-0.4, -0.2) is 43.4 Å². The normalized spacial score (nSPS) is 21.4. The van der Waals surface area contributed by atoms with E-state index in [-0.39, 0.29) is 29.9 Å². The number of hydrogen-bond acceptors (Lipinski definition) is 5. The van der Waals surface area contributed by atoms with Crippen molar-refractivity contribution >= 4 is 33.0 Å². The zero-order chi connectivity index (χ0) is 14.8. The molecule has 1 saturated heterocycles. The fourth-order valence-electron chi connectivity index (χ4n) is 2.06. The van der Waals surface area contributed by atoms with E-state index < -0.39 is 9.84 Å². The lowest BCUT2D eigenvalue weighted by atomic mass is 10.2. The Balaban J connectivity index is 1.93. The first-order valence-corrected chi connectivity index (χ1v) is 8.41. The largest absolute Gasteiger partial charge is 0.325 e. The first-order valence-electron chi connectivity index (χ1n) is 6.21. The molecule has 1 unspecified atom stereocenters. The summed E-state index contributed by atoms with van der Waals surface area (Å²) in [5.74, 6) is -0.118. The number of hydrogen-bond donors (Lipinski definition) is 2. The monoisotopic (exact) mass is 317 g/mol. The van der Waals surface area contributed by atoms with Crippen LogP contribution in [0.2, 0.25) is 5.15 Å². The number of nitrogens with one attached hydrogen (secondary N) is 2. The summed E-state index contributed by atoms with van der Waals surface area (Å²) < 4.78 is 23.0. The number of aromatic nitrogens is 1. The van der Waals surface area contributed by atoms with Crippen molar-refractivity contribution in [3.05, 3.63) is 23.0 Å². The maximum absolute atomic E-state index is 11.9. The molecule has 0 bridgehead atoms. The fourth-order valence-corrected chi connectivity index (χ4v) is 3.61. The molecule has 1 aliphatic heterocycles. The van der Waals surface area contributed by atoms with Gasteiger partial charge in [0, 0.05) is 19.0 Å². The van der Waals surface area contributed by atoms with E-state index in [0.29, 0.717) is 17.4 Å². The molecule has 6 nitrogen and oxygen atoms in total. The third kappa shape index (κ3) is 4.16. The summed E-state index contributed by atoms with van der Waals surface area (Å²) in [6.45, 7) is 2.18. The average molecular weight is 318 g/mol. The van der Waals surface area contributed by atoms with E-state index >= 15 is 0 Å². The third-order valence-corrected chi connectivity index (χ3v) is 5.16. The van der Waals surface area contributed by atoms with Crippen molar-refractivity contribution in [1.29, 1.82) is 0 Å². The van der Waals surface area contributed by atoms with Gasteiger partial charge in [-0.05, 0) is 18.6 Å². The molecule has 0 aromatic carbocycles. The van der Waals surface area contributed by atoms with Gasteiger partial charge in [-0.1, -0.05) is 11.6 Å². The lowest BCUT2D eigenvalue weighted by Crippen LogP contribution is -2.46. The van der Waals surface area contributed by atoms with Crippen molar-refractivity contribution in [3.63, 3.8) is 0 Å². The van der Waals surface area contributed by atoms with Gasteiger partial charge in [0.2, 0.25) is 5.91 Å². The molecule has 2 N–H and O–H groups in total. The average Bonchev–Trinajstić information content (AvgIpc) is 2.32. The number of anilines is 1. The molecule has 0 radical (unpaired) electrons. The first kappa shape index (κ1) is 15.2. The molecule has 2 heterocycles. The van der Waals surface area contributed by atoms with Gasteiger partial charge in [0.15, 0.2) is 9.84 Å². The molecule has 0 saturated carbocycles. The number of amides is 1. The fraction of sp³-hybridized carbons (Fsp3) is 0.500. The Morgan fingerprint density at radius 2 is 2.35 bits per heavy atom. The number of carbonyl (C=O) groups is 1. The summed E-state index contributed by atoms with van der Waals surface area (Å²) in [6.07, 6.45) is 1.58. The summed E-state index contributed by atoms with van der Waals surface area (Å²) in [6, 6.07) is 1.38. The number of nitrogens with zero attached hydrogens (tertiary/aromatic N) is 1. The van der Waals surface area contributed by atoms with Crippen LogP contribution in [0.15, 0.2) is 12.3 Å². The number of aryl methyl sites for hydroxylation is 1. The van der Waals surface area contributed by atoms with Crippen LogP contribution in [0, 0.1) is 6.92 Å². The topological polar surface area (TPSA) is 88.2 Å². The number of rotatable bonds is 3. The Morgan fingerprint density at radius 1 is 1.60 bits per heavy atom. The molecule has 1 atom stereocenters. The SMILES string of the molecule is Cc1cc(NC(=O)CC2CS(=O)(=O)CCN2)cnc1Cl. The van der Waals surface area contributed by atoms with Crippen molar-refractivity contribution in [2.45, 2.75) is 19.4 Å². The number of pyridine rings is 1. The van der Waals surface area contributed by atoms with Gasteiger partial charge >= 0.3 is 0 Å². The van der Waals surface area contributed by atoms with Gasteiger partial charge < -0.3 is 10.6 Å². The Kier molecular flexibility index (Phi) is 4.62. The van der Waals surface area contributed by atoms with E-state index in [1.807, 2.05) is 0 Å². The number of carbonyl (C=O) groups excluding carboxylic acids is 1. The molecular formula is C12H16ClN3O3S. The van der Waals surface area contributed by atoms with E-state index in [4.69, 9.17) is 11.6 Å². The predicted molar refractivity (Wildman–Crippen MR) is 77.7 cm³/mol. The molecule has 1 aromatic rings. The van der Waals surface area contributed by atoms with Gasteiger partial charge in [-0.3, -0.25) is 4.79 Å². The highest BCUT2D eigenvalue weighted by Gasteiger charge is 2.25. The molecule has 110 valence electrons. The highest BCUT2D eigenvalue weighted by Crippen LogP contribution is 2.16. The second kappa shape index (κ2) is 6.07. The van der Waals surface area contributed by atoms with Crippen molar-refractivity contribution in [3.8, 4) is 0 Å². The van der Waals surface area contributed by atoms with Crippen molar-refractivity contribution in [1.82, 2.24) is 10.3 Å². The van der Waals surface area contributed by atoms with E-state index in [0.717, 1.165) is 5.56 Å². The van der Waals surface area contributed by atoms with Crippen LogP contribution in [0.5, 0.6) is 0 Å². The maximum Gasteiger partial charge on any atom is 0.226 e. The summed E-state index contributed by atoms with van der Waals surface area (Å²) in [7, 11) is -3.04. The lowest BCUT2D eigenvalue weighted by molar-refractivity contribution is -0.116. The lowest BCUT2D eigenvalue weighted by Gasteiger charge is -2.23. The first-order chi connectivity index (χ1) is 9.35. The molecule has 1 aromatic heterocycles.